The number of carbonyl (C=O) groups is 2. The topological polar surface area (TPSA) is 88.8 Å². The van der Waals surface area contributed by atoms with Crippen molar-refractivity contribution in [2.24, 2.45) is 17.6 Å². The van der Waals surface area contributed by atoms with Crippen molar-refractivity contribution in [1.29, 1.82) is 0 Å². The van der Waals surface area contributed by atoms with E-state index in [2.05, 4.69) is 4.98 Å². The Balaban J connectivity index is 1.37. The van der Waals surface area contributed by atoms with Gasteiger partial charge >= 0.3 is 6.09 Å². The summed E-state index contributed by atoms with van der Waals surface area (Å²) in [7, 11) is 0. The molecule has 2 fully saturated rings. The van der Waals surface area contributed by atoms with E-state index < -0.39 is 17.5 Å². The zero-order chi connectivity index (χ0) is 23.3. The fraction of sp³-hybridized carbons (Fsp3) is 0.708. The average molecular weight is 449 g/mol. The van der Waals surface area contributed by atoms with Crippen LogP contribution in [-0.4, -0.2) is 53.7 Å². The van der Waals surface area contributed by atoms with Gasteiger partial charge < -0.3 is 20.3 Å². The molecule has 178 valence electrons. The number of nitrogens with zero attached hydrogens (tertiary/aromatic N) is 3. The lowest BCUT2D eigenvalue weighted by atomic mass is 9.86. The third-order valence-corrected chi connectivity index (χ3v) is 6.56. The lowest BCUT2D eigenvalue weighted by Crippen LogP contribution is -2.41. The Labute approximate surface area is 190 Å². The minimum absolute atomic E-state index is 0.198. The van der Waals surface area contributed by atoms with Crippen LogP contribution in [0.1, 0.15) is 76.1 Å². The van der Waals surface area contributed by atoms with Crippen molar-refractivity contribution in [3.05, 3.63) is 23.8 Å². The second-order valence-electron chi connectivity index (χ2n) is 10.2. The highest BCUT2D eigenvalue weighted by Gasteiger charge is 2.27. The normalized spacial score (nSPS) is 18.6. The van der Waals surface area contributed by atoms with Crippen LogP contribution in [0, 0.1) is 17.8 Å². The highest BCUT2D eigenvalue weighted by atomic mass is 19.1. The number of nitrogens with two attached hydrogens (primary N) is 1. The van der Waals surface area contributed by atoms with Gasteiger partial charge in [0.1, 0.15) is 5.60 Å². The molecular weight excluding hydrogens is 411 g/mol. The molecule has 2 saturated heterocycles. The number of pyridine rings is 1. The number of piperidine rings is 2. The quantitative estimate of drug-likeness (QED) is 0.654. The smallest absolute Gasteiger partial charge is 0.410 e. The number of hydrogen-bond donors (Lipinski definition) is 1. The molecule has 3 rings (SSSR count). The summed E-state index contributed by atoms with van der Waals surface area (Å²) < 4.78 is 19.1. The number of aromatic nitrogens is 1. The highest BCUT2D eigenvalue weighted by molar-refractivity contribution is 5.98. The molecule has 0 aromatic carbocycles. The molecule has 2 amide bonds. The van der Waals surface area contributed by atoms with Gasteiger partial charge in [-0.1, -0.05) is 19.3 Å². The largest absolute Gasteiger partial charge is 0.444 e. The number of halogens is 1. The van der Waals surface area contributed by atoms with Crippen LogP contribution in [0.25, 0.3) is 0 Å². The lowest BCUT2D eigenvalue weighted by molar-refractivity contribution is 0.0180. The molecule has 2 N–H and O–H groups in total. The van der Waals surface area contributed by atoms with Gasteiger partial charge in [-0.3, -0.25) is 4.79 Å². The maximum atomic E-state index is 13.6. The molecule has 0 radical (unpaired) electrons. The first-order chi connectivity index (χ1) is 15.1. The third-order valence-electron chi connectivity index (χ3n) is 6.56. The predicted molar refractivity (Wildman–Crippen MR) is 122 cm³/mol. The first kappa shape index (κ1) is 24.3. The van der Waals surface area contributed by atoms with Crippen LogP contribution in [0.4, 0.5) is 14.9 Å². The molecule has 1 aromatic rings. The second-order valence-corrected chi connectivity index (χ2v) is 10.2. The van der Waals surface area contributed by atoms with Crippen molar-refractivity contribution in [2.45, 2.75) is 71.3 Å². The van der Waals surface area contributed by atoms with Crippen molar-refractivity contribution in [3.63, 3.8) is 0 Å². The molecule has 1 aromatic heterocycles. The summed E-state index contributed by atoms with van der Waals surface area (Å²) in [5.74, 6) is 0.153. The van der Waals surface area contributed by atoms with Gasteiger partial charge in [0.05, 0.1) is 11.3 Å². The summed E-state index contributed by atoms with van der Waals surface area (Å²) in [4.78, 5) is 31.3. The Bertz CT molecular complexity index is 795. The van der Waals surface area contributed by atoms with E-state index in [4.69, 9.17) is 10.5 Å². The molecule has 0 saturated carbocycles. The van der Waals surface area contributed by atoms with Crippen LogP contribution in [0.15, 0.2) is 12.3 Å². The molecule has 0 bridgehead atoms. The first-order valence-corrected chi connectivity index (χ1v) is 11.8. The highest BCUT2D eigenvalue weighted by Crippen LogP contribution is 2.30. The molecule has 8 heteroatoms. The Kier molecular flexibility index (Phi) is 7.96. The predicted octanol–water partition coefficient (Wildman–Crippen LogP) is 4.35. The molecule has 0 atom stereocenters. The fourth-order valence-electron chi connectivity index (χ4n) is 4.76. The van der Waals surface area contributed by atoms with Gasteiger partial charge in [-0.25, -0.2) is 9.78 Å². The Morgan fingerprint density at radius 1 is 1.09 bits per heavy atom. The lowest BCUT2D eigenvalue weighted by Gasteiger charge is -2.35. The monoisotopic (exact) mass is 448 g/mol. The summed E-state index contributed by atoms with van der Waals surface area (Å²) in [6.07, 6.45) is 8.75. The van der Waals surface area contributed by atoms with Crippen LogP contribution in [0.3, 0.4) is 0 Å². The van der Waals surface area contributed by atoms with Crippen molar-refractivity contribution in [2.75, 3.05) is 31.1 Å². The molecule has 0 aliphatic carbocycles. The molecular formula is C24H37FN4O3. The van der Waals surface area contributed by atoms with Gasteiger partial charge in [-0.15, -0.1) is 0 Å². The molecule has 0 unspecified atom stereocenters. The average Bonchev–Trinajstić information content (AvgIpc) is 2.73. The van der Waals surface area contributed by atoms with Gasteiger partial charge in [0, 0.05) is 38.4 Å². The molecule has 3 heterocycles. The van der Waals surface area contributed by atoms with Crippen LogP contribution in [0.2, 0.25) is 0 Å². The van der Waals surface area contributed by atoms with Gasteiger partial charge in [0.2, 0.25) is 5.95 Å². The van der Waals surface area contributed by atoms with E-state index in [1.807, 2.05) is 30.6 Å². The molecule has 2 aliphatic rings. The van der Waals surface area contributed by atoms with Crippen molar-refractivity contribution < 1.29 is 18.7 Å². The summed E-state index contributed by atoms with van der Waals surface area (Å²) >= 11 is 0. The van der Waals surface area contributed by atoms with Crippen molar-refractivity contribution in [3.8, 4) is 0 Å². The summed E-state index contributed by atoms with van der Waals surface area (Å²) in [5, 5.41) is 0. The standard InChI is InChI=1S/C24H37FN4O3/c1-24(2,3)32-23(31)29-13-9-18(10-14-29)6-4-5-17-7-11-28(12-8-17)20-15-21(25)27-16-19(20)22(26)30/h15-18H,4-14H2,1-3H3,(H2,26,30). The third kappa shape index (κ3) is 6.81. The Hall–Kier alpha value is -2.38. The maximum Gasteiger partial charge on any atom is 0.410 e. The van der Waals surface area contributed by atoms with Crippen LogP contribution < -0.4 is 10.6 Å². The number of ether oxygens (including phenoxy) is 1. The summed E-state index contributed by atoms with van der Waals surface area (Å²) in [6.45, 7) is 8.84. The summed E-state index contributed by atoms with van der Waals surface area (Å²) in [5.41, 5.74) is 5.82. The molecule has 32 heavy (non-hydrogen) atoms. The van der Waals surface area contributed by atoms with Gasteiger partial charge in [0.15, 0.2) is 0 Å². The van der Waals surface area contributed by atoms with Crippen molar-refractivity contribution >= 4 is 17.7 Å². The molecule has 0 spiro atoms. The zero-order valence-corrected chi connectivity index (χ0v) is 19.6. The van der Waals surface area contributed by atoms with E-state index in [9.17, 15) is 14.0 Å². The number of likely N-dealkylation sites (tertiary alicyclic amines) is 1. The van der Waals surface area contributed by atoms with Crippen LogP contribution in [-0.2, 0) is 4.74 Å². The molecule has 2 aliphatic heterocycles. The van der Waals surface area contributed by atoms with Crippen LogP contribution >= 0.6 is 0 Å². The number of carbonyl (C=O) groups excluding carboxylic acids is 2. The van der Waals surface area contributed by atoms with Gasteiger partial charge in [-0.2, -0.15) is 4.39 Å². The van der Waals surface area contributed by atoms with Gasteiger partial charge in [-0.05, 0) is 58.3 Å². The second kappa shape index (κ2) is 10.5. The Morgan fingerprint density at radius 3 is 2.19 bits per heavy atom. The van der Waals surface area contributed by atoms with Gasteiger partial charge in [0.25, 0.3) is 5.91 Å². The van der Waals surface area contributed by atoms with E-state index in [1.165, 1.54) is 31.5 Å². The number of rotatable bonds is 6. The van der Waals surface area contributed by atoms with E-state index in [-0.39, 0.29) is 11.7 Å². The Morgan fingerprint density at radius 2 is 1.66 bits per heavy atom. The number of primary amides is 1. The SMILES string of the molecule is CC(C)(C)OC(=O)N1CCC(CCCC2CCN(c3cc(F)ncc3C(N)=O)CC2)CC1. The van der Waals surface area contributed by atoms with E-state index in [0.29, 0.717) is 17.5 Å². The van der Waals surface area contributed by atoms with Crippen molar-refractivity contribution in [1.82, 2.24) is 9.88 Å². The fourth-order valence-corrected chi connectivity index (χ4v) is 4.76. The van der Waals surface area contributed by atoms with E-state index in [1.54, 1.807) is 0 Å². The van der Waals surface area contributed by atoms with E-state index >= 15 is 0 Å². The molecule has 7 nitrogen and oxygen atoms in total. The van der Waals surface area contributed by atoms with E-state index in [0.717, 1.165) is 51.9 Å². The summed E-state index contributed by atoms with van der Waals surface area (Å²) in [6, 6.07) is 1.31. The number of hydrogen-bond acceptors (Lipinski definition) is 5. The van der Waals surface area contributed by atoms with Crippen LogP contribution in [0.5, 0.6) is 0 Å². The first-order valence-electron chi connectivity index (χ1n) is 11.8. The zero-order valence-electron chi connectivity index (χ0n) is 19.6. The number of amides is 2. The minimum Gasteiger partial charge on any atom is -0.444 e. The number of anilines is 1. The maximum absolute atomic E-state index is 13.6. The minimum atomic E-state index is -0.593.